The van der Waals surface area contributed by atoms with Gasteiger partial charge in [0, 0.05) is 25.7 Å². The van der Waals surface area contributed by atoms with Gasteiger partial charge < -0.3 is 15.1 Å². The average Bonchev–Trinajstić information content (AvgIpc) is 2.79. The van der Waals surface area contributed by atoms with E-state index < -0.39 is 0 Å². The molecular weight excluding hydrogens is 386 g/mol. The van der Waals surface area contributed by atoms with Crippen molar-refractivity contribution in [2.45, 2.75) is 51.1 Å². The number of carbonyl (C=O) groups excluding carboxylic acids is 2. The maximum atomic E-state index is 13.4. The molecule has 162 valence electrons. The highest BCUT2D eigenvalue weighted by Gasteiger charge is 2.48. The van der Waals surface area contributed by atoms with Crippen molar-refractivity contribution in [3.8, 4) is 0 Å². The molecule has 1 N–H and O–H groups in total. The summed E-state index contributed by atoms with van der Waals surface area (Å²) in [4.78, 5) is 30.5. The van der Waals surface area contributed by atoms with Gasteiger partial charge in [0.1, 0.15) is 0 Å². The zero-order valence-corrected chi connectivity index (χ0v) is 18.2. The summed E-state index contributed by atoms with van der Waals surface area (Å²) >= 11 is 0. The summed E-state index contributed by atoms with van der Waals surface area (Å²) in [6, 6.07) is 16.9. The second-order valence-electron chi connectivity index (χ2n) is 9.21. The molecule has 31 heavy (non-hydrogen) atoms. The average molecular weight is 418 g/mol. The fourth-order valence-corrected chi connectivity index (χ4v) is 5.75. The van der Waals surface area contributed by atoms with E-state index in [4.69, 9.17) is 0 Å². The molecule has 0 spiro atoms. The van der Waals surface area contributed by atoms with Crippen molar-refractivity contribution < 1.29 is 9.59 Å². The molecule has 0 radical (unpaired) electrons. The van der Waals surface area contributed by atoms with E-state index in [-0.39, 0.29) is 29.9 Å². The molecule has 5 rings (SSSR count). The molecule has 0 unspecified atom stereocenters. The van der Waals surface area contributed by atoms with E-state index in [2.05, 4.69) is 47.5 Å². The summed E-state index contributed by atoms with van der Waals surface area (Å²) in [5.74, 6) is 0.186. The molecule has 2 aromatic rings. The van der Waals surface area contributed by atoms with E-state index in [1.807, 2.05) is 23.1 Å². The summed E-state index contributed by atoms with van der Waals surface area (Å²) < 4.78 is 0. The first-order valence-corrected chi connectivity index (χ1v) is 11.6. The lowest BCUT2D eigenvalue weighted by atomic mass is 9.76. The van der Waals surface area contributed by atoms with E-state index in [9.17, 15) is 9.59 Å². The van der Waals surface area contributed by atoms with E-state index >= 15 is 0 Å². The fourth-order valence-electron chi connectivity index (χ4n) is 5.75. The Kier molecular flexibility index (Phi) is 5.43. The molecule has 3 atom stereocenters. The van der Waals surface area contributed by atoms with Gasteiger partial charge in [-0.2, -0.15) is 0 Å². The fraction of sp³-hybridized carbons (Fsp3) is 0.462. The van der Waals surface area contributed by atoms with Gasteiger partial charge in [0.15, 0.2) is 0 Å². The molecule has 3 heterocycles. The maximum Gasteiger partial charge on any atom is 0.317 e. The summed E-state index contributed by atoms with van der Waals surface area (Å²) in [6.45, 7) is 4.27. The first kappa shape index (κ1) is 20.1. The van der Waals surface area contributed by atoms with Crippen molar-refractivity contribution in [2.24, 2.45) is 5.92 Å². The Hall–Kier alpha value is -2.82. The van der Waals surface area contributed by atoms with Crippen molar-refractivity contribution in [1.82, 2.24) is 15.1 Å². The topological polar surface area (TPSA) is 52.7 Å². The number of aryl methyl sites for hydroxylation is 1. The van der Waals surface area contributed by atoms with Gasteiger partial charge in [-0.1, -0.05) is 54.1 Å². The Balaban J connectivity index is 1.31. The molecule has 5 nitrogen and oxygen atoms in total. The lowest BCUT2D eigenvalue weighted by molar-refractivity contribution is -0.148. The number of amides is 3. The van der Waals surface area contributed by atoms with Crippen LogP contribution in [0, 0.1) is 12.8 Å². The molecule has 3 aliphatic rings. The van der Waals surface area contributed by atoms with Crippen LogP contribution in [0.3, 0.4) is 0 Å². The minimum absolute atomic E-state index is 0.00789. The quantitative estimate of drug-likeness (QED) is 0.825. The molecule has 0 bridgehead atoms. The Labute approximate surface area is 184 Å². The number of hydrogen-bond acceptors (Lipinski definition) is 2. The normalized spacial score (nSPS) is 24.8. The summed E-state index contributed by atoms with van der Waals surface area (Å²) in [7, 11) is 0. The van der Waals surface area contributed by atoms with Crippen LogP contribution in [0.5, 0.6) is 0 Å². The first-order valence-electron chi connectivity index (χ1n) is 11.6. The molecule has 2 fully saturated rings. The third-order valence-electron chi connectivity index (χ3n) is 7.29. The Bertz CT molecular complexity index is 974. The van der Waals surface area contributed by atoms with Crippen molar-refractivity contribution in [3.05, 3.63) is 70.8 Å². The van der Waals surface area contributed by atoms with E-state index in [1.54, 1.807) is 0 Å². The van der Waals surface area contributed by atoms with Gasteiger partial charge in [0.25, 0.3) is 0 Å². The lowest BCUT2D eigenvalue weighted by Crippen LogP contribution is -2.61. The molecule has 2 saturated heterocycles. The zero-order valence-electron chi connectivity index (χ0n) is 18.2. The minimum atomic E-state index is -0.0585. The highest BCUT2D eigenvalue weighted by atomic mass is 16.2. The highest BCUT2D eigenvalue weighted by molar-refractivity contribution is 5.83. The smallest absolute Gasteiger partial charge is 0.317 e. The van der Waals surface area contributed by atoms with Crippen molar-refractivity contribution >= 4 is 11.9 Å². The third kappa shape index (κ3) is 3.82. The molecule has 3 amide bonds. The summed E-state index contributed by atoms with van der Waals surface area (Å²) in [6.07, 6.45) is 4.38. The van der Waals surface area contributed by atoms with Gasteiger partial charge in [0.2, 0.25) is 5.91 Å². The zero-order chi connectivity index (χ0) is 21.4. The van der Waals surface area contributed by atoms with E-state index in [1.165, 1.54) is 22.3 Å². The first-order chi connectivity index (χ1) is 15.1. The van der Waals surface area contributed by atoms with Crippen LogP contribution in [0.25, 0.3) is 0 Å². The number of fused-ring (bicyclic) bond motifs is 4. The third-order valence-corrected chi connectivity index (χ3v) is 7.29. The Morgan fingerprint density at radius 1 is 1.13 bits per heavy atom. The van der Waals surface area contributed by atoms with Gasteiger partial charge in [-0.3, -0.25) is 4.79 Å². The largest absolute Gasteiger partial charge is 0.338 e. The van der Waals surface area contributed by atoms with Crippen molar-refractivity contribution in [2.75, 3.05) is 19.6 Å². The second-order valence-corrected chi connectivity index (χ2v) is 9.21. The molecule has 5 heteroatoms. The van der Waals surface area contributed by atoms with Crippen LogP contribution in [0.4, 0.5) is 4.79 Å². The number of carbonyl (C=O) groups is 2. The van der Waals surface area contributed by atoms with Crippen LogP contribution >= 0.6 is 0 Å². The number of rotatable bonds is 3. The van der Waals surface area contributed by atoms with Gasteiger partial charge in [0.05, 0.1) is 12.0 Å². The van der Waals surface area contributed by atoms with Gasteiger partial charge in [-0.25, -0.2) is 4.79 Å². The SMILES string of the molecule is Cc1ccc2c(c1)CCN1C(=O)[C@@H]3CCCN(C(=O)NCCc4ccccc4)[C@@H]3C[C@@H]21. The monoisotopic (exact) mass is 417 g/mol. The van der Waals surface area contributed by atoms with E-state index in [0.29, 0.717) is 6.54 Å². The predicted molar refractivity (Wildman–Crippen MR) is 121 cm³/mol. The summed E-state index contributed by atoms with van der Waals surface area (Å²) in [5.41, 5.74) is 5.13. The molecule has 2 aromatic carbocycles. The molecule has 3 aliphatic heterocycles. The number of hydrogen-bond donors (Lipinski definition) is 1. The number of benzene rings is 2. The van der Waals surface area contributed by atoms with Crippen molar-refractivity contribution in [1.29, 1.82) is 0 Å². The van der Waals surface area contributed by atoms with Gasteiger partial charge >= 0.3 is 6.03 Å². The second kappa shape index (κ2) is 8.37. The van der Waals surface area contributed by atoms with Crippen LogP contribution < -0.4 is 5.32 Å². The highest BCUT2D eigenvalue weighted by Crippen LogP contribution is 2.43. The van der Waals surface area contributed by atoms with Crippen LogP contribution in [0.2, 0.25) is 0 Å². The Morgan fingerprint density at radius 3 is 2.81 bits per heavy atom. The van der Waals surface area contributed by atoms with E-state index in [0.717, 1.165) is 45.2 Å². The minimum Gasteiger partial charge on any atom is -0.338 e. The van der Waals surface area contributed by atoms with Gasteiger partial charge in [-0.15, -0.1) is 0 Å². The number of urea groups is 1. The number of nitrogens with one attached hydrogen (secondary N) is 1. The van der Waals surface area contributed by atoms with Crippen LogP contribution in [0.15, 0.2) is 48.5 Å². The molecule has 0 saturated carbocycles. The molecular formula is C26H31N3O2. The molecule has 0 aromatic heterocycles. The van der Waals surface area contributed by atoms with Crippen LogP contribution in [-0.2, 0) is 17.6 Å². The number of piperidine rings is 2. The van der Waals surface area contributed by atoms with Gasteiger partial charge in [-0.05, 0) is 55.7 Å². The standard InChI is InChI=1S/C26H31N3O2/c1-18-9-10-21-20(16-18)12-15-28-23(21)17-24-22(25(28)30)8-5-14-29(24)26(31)27-13-11-19-6-3-2-4-7-19/h2-4,6-7,9-10,16,22-24H,5,8,11-15,17H2,1H3,(H,27,31)/t22-,23+,24-/m1/s1. The lowest BCUT2D eigenvalue weighted by Gasteiger charge is -2.51. The Morgan fingerprint density at radius 2 is 1.97 bits per heavy atom. The maximum absolute atomic E-state index is 13.4. The number of nitrogens with zero attached hydrogens (tertiary/aromatic N) is 2. The predicted octanol–water partition coefficient (Wildman–Crippen LogP) is 3.86. The number of likely N-dealkylation sites (tertiary alicyclic amines) is 1. The van der Waals surface area contributed by atoms with Crippen LogP contribution in [-0.4, -0.2) is 47.4 Å². The summed E-state index contributed by atoms with van der Waals surface area (Å²) in [5, 5.41) is 3.11. The van der Waals surface area contributed by atoms with Crippen molar-refractivity contribution in [3.63, 3.8) is 0 Å². The van der Waals surface area contributed by atoms with Crippen LogP contribution in [0.1, 0.15) is 47.6 Å². The molecule has 0 aliphatic carbocycles.